The number of carbonyl (C=O) groups excluding carboxylic acids is 2. The predicted octanol–water partition coefficient (Wildman–Crippen LogP) is 0.878. The highest BCUT2D eigenvalue weighted by atomic mass is 35.5. The molecule has 4 aliphatic rings. The van der Waals surface area contributed by atoms with Crippen LogP contribution in [0.2, 0.25) is 5.02 Å². The quantitative estimate of drug-likeness (QED) is 0.557. The van der Waals surface area contributed by atoms with E-state index >= 15 is 0 Å². The number of rotatable bonds is 6. The highest BCUT2D eigenvalue weighted by Gasteiger charge is 2.69. The van der Waals surface area contributed by atoms with Crippen LogP contribution in [0.4, 0.5) is 4.39 Å². The minimum absolute atomic E-state index is 0.00375. The maximum atomic E-state index is 13.4. The van der Waals surface area contributed by atoms with E-state index in [-0.39, 0.29) is 46.3 Å². The maximum Gasteiger partial charge on any atom is 0.258 e. The van der Waals surface area contributed by atoms with Crippen molar-refractivity contribution >= 4 is 23.4 Å². The molecule has 9 heteroatoms. The molecule has 4 fully saturated rings. The van der Waals surface area contributed by atoms with Gasteiger partial charge in [0.15, 0.2) is 6.61 Å². The molecular weight excluding hydrogens is 389 g/mol. The number of carbonyl (C=O) groups is 2. The number of aliphatic hydroxyl groups excluding tert-OH is 1. The zero-order valence-electron chi connectivity index (χ0n) is 15.3. The van der Waals surface area contributed by atoms with Gasteiger partial charge in [-0.05, 0) is 50.8 Å². The zero-order valence-corrected chi connectivity index (χ0v) is 16.0. The van der Waals surface area contributed by atoms with Crippen molar-refractivity contribution in [2.45, 2.75) is 55.3 Å². The molecule has 2 amide bonds. The van der Waals surface area contributed by atoms with Gasteiger partial charge in [0.05, 0.1) is 17.2 Å². The average Bonchev–Trinajstić information content (AvgIpc) is 2.59. The molecular formula is C19H23ClFN3O4. The van der Waals surface area contributed by atoms with Gasteiger partial charge >= 0.3 is 0 Å². The second-order valence-corrected chi connectivity index (χ2v) is 8.59. The lowest BCUT2D eigenvalue weighted by Gasteiger charge is -2.70. The van der Waals surface area contributed by atoms with E-state index in [2.05, 4.69) is 16.0 Å². The molecule has 1 heterocycles. The van der Waals surface area contributed by atoms with Crippen LogP contribution in [-0.4, -0.2) is 53.3 Å². The summed E-state index contributed by atoms with van der Waals surface area (Å²) >= 11 is 5.61. The smallest absolute Gasteiger partial charge is 0.258 e. The molecule has 1 aromatic rings. The molecule has 1 aromatic carbocycles. The number of halogens is 2. The lowest BCUT2D eigenvalue weighted by atomic mass is 9.44. The van der Waals surface area contributed by atoms with Gasteiger partial charge in [-0.1, -0.05) is 11.6 Å². The van der Waals surface area contributed by atoms with Crippen LogP contribution in [-0.2, 0) is 9.59 Å². The normalized spacial score (nSPS) is 33.2. The monoisotopic (exact) mass is 411 g/mol. The van der Waals surface area contributed by atoms with Crippen LogP contribution in [0.5, 0.6) is 5.75 Å². The van der Waals surface area contributed by atoms with Gasteiger partial charge in [-0.2, -0.15) is 0 Å². The lowest BCUT2D eigenvalue weighted by Crippen LogP contribution is -2.84. The lowest BCUT2D eigenvalue weighted by molar-refractivity contribution is -0.152. The summed E-state index contributed by atoms with van der Waals surface area (Å²) in [5.41, 5.74) is -0.549. The van der Waals surface area contributed by atoms with Gasteiger partial charge in [0, 0.05) is 17.1 Å². The Balaban J connectivity index is 1.20. The van der Waals surface area contributed by atoms with Crippen LogP contribution in [0.15, 0.2) is 18.2 Å². The highest BCUT2D eigenvalue weighted by Crippen LogP contribution is 2.60. The summed E-state index contributed by atoms with van der Waals surface area (Å²) in [5.74, 6) is -0.740. The van der Waals surface area contributed by atoms with Crippen molar-refractivity contribution in [1.29, 1.82) is 0 Å². The van der Waals surface area contributed by atoms with Crippen molar-refractivity contribution in [3.63, 3.8) is 0 Å². The van der Waals surface area contributed by atoms with Crippen LogP contribution >= 0.6 is 11.6 Å². The largest absolute Gasteiger partial charge is 0.484 e. The van der Waals surface area contributed by atoms with Crippen molar-refractivity contribution < 1.29 is 23.8 Å². The standard InChI is InChI=1S/C19H23ClFN3O4/c20-13-2-1-12(6-14(13)21)28-7-16(26)23-18-8-19(9-18,10-18)24-17(27)15-5-11(25)3-4-22-15/h1-2,6,11,15,22,25H,3-5,7-10H2,(H,23,26)(H,24,27). The average molecular weight is 412 g/mol. The first-order chi connectivity index (χ1) is 13.3. The Bertz CT molecular complexity index is 786. The van der Waals surface area contributed by atoms with Crippen LogP contribution in [0.3, 0.4) is 0 Å². The fraction of sp³-hybridized carbons (Fsp3) is 0.579. The molecule has 0 aromatic heterocycles. The third-order valence-electron chi connectivity index (χ3n) is 5.78. The minimum atomic E-state index is -0.600. The molecule has 3 saturated carbocycles. The molecule has 2 atom stereocenters. The topological polar surface area (TPSA) is 99.7 Å². The number of hydrogen-bond acceptors (Lipinski definition) is 5. The van der Waals surface area contributed by atoms with Crippen molar-refractivity contribution in [1.82, 2.24) is 16.0 Å². The Hall–Kier alpha value is -1.90. The Labute approximate surface area is 167 Å². The first-order valence-corrected chi connectivity index (χ1v) is 9.78. The van der Waals surface area contributed by atoms with Crippen LogP contribution in [0.25, 0.3) is 0 Å². The van der Waals surface area contributed by atoms with Gasteiger partial charge in [-0.15, -0.1) is 0 Å². The van der Waals surface area contributed by atoms with E-state index in [0.717, 1.165) is 6.07 Å². The molecule has 0 spiro atoms. The first-order valence-electron chi connectivity index (χ1n) is 9.41. The molecule has 152 valence electrons. The van der Waals surface area contributed by atoms with Crippen molar-refractivity contribution in [2.24, 2.45) is 0 Å². The van der Waals surface area contributed by atoms with E-state index in [4.69, 9.17) is 16.3 Å². The van der Waals surface area contributed by atoms with Crippen molar-refractivity contribution in [3.8, 4) is 5.75 Å². The van der Waals surface area contributed by atoms with Crippen molar-refractivity contribution in [3.05, 3.63) is 29.0 Å². The summed E-state index contributed by atoms with van der Waals surface area (Å²) in [7, 11) is 0. The number of aliphatic hydroxyl groups is 1. The third kappa shape index (κ3) is 3.81. The van der Waals surface area contributed by atoms with Gasteiger partial charge < -0.3 is 25.8 Å². The van der Waals surface area contributed by atoms with E-state index in [9.17, 15) is 19.1 Å². The molecule has 7 nitrogen and oxygen atoms in total. The fourth-order valence-corrected chi connectivity index (χ4v) is 4.66. The Morgan fingerprint density at radius 2 is 2.00 bits per heavy atom. The summed E-state index contributed by atoms with van der Waals surface area (Å²) in [6.45, 7) is 0.413. The highest BCUT2D eigenvalue weighted by molar-refractivity contribution is 6.30. The molecule has 1 saturated heterocycles. The molecule has 4 N–H and O–H groups in total. The van der Waals surface area contributed by atoms with Gasteiger partial charge in [-0.3, -0.25) is 9.59 Å². The van der Waals surface area contributed by atoms with Gasteiger partial charge in [0.25, 0.3) is 5.91 Å². The molecule has 2 bridgehead atoms. The molecule has 0 radical (unpaired) electrons. The van der Waals surface area contributed by atoms with Gasteiger partial charge in [-0.25, -0.2) is 4.39 Å². The van der Waals surface area contributed by atoms with Gasteiger partial charge in [0.1, 0.15) is 11.6 Å². The van der Waals surface area contributed by atoms with E-state index in [1.807, 2.05) is 0 Å². The number of piperidine rings is 1. The third-order valence-corrected chi connectivity index (χ3v) is 6.08. The predicted molar refractivity (Wildman–Crippen MR) is 99.5 cm³/mol. The first kappa shape index (κ1) is 19.4. The number of ether oxygens (including phenoxy) is 1. The summed E-state index contributed by atoms with van der Waals surface area (Å²) < 4.78 is 18.7. The summed E-state index contributed by atoms with van der Waals surface area (Å²) in [6.07, 6.45) is 2.69. The number of nitrogens with one attached hydrogen (secondary N) is 3. The van der Waals surface area contributed by atoms with E-state index in [1.54, 1.807) is 0 Å². The van der Waals surface area contributed by atoms with Crippen molar-refractivity contribution in [2.75, 3.05) is 13.2 Å². The van der Waals surface area contributed by atoms with E-state index in [1.165, 1.54) is 12.1 Å². The van der Waals surface area contributed by atoms with Crippen LogP contribution in [0.1, 0.15) is 32.1 Å². The molecule has 3 aliphatic carbocycles. The molecule has 28 heavy (non-hydrogen) atoms. The SMILES string of the molecule is O=C(COc1ccc(Cl)c(F)c1)NC12CC(NC(=O)C3CC(O)CCN3)(C1)C2. The summed E-state index contributed by atoms with van der Waals surface area (Å²) in [5, 5.41) is 18.8. The van der Waals surface area contributed by atoms with Crippen LogP contribution < -0.4 is 20.7 Å². The van der Waals surface area contributed by atoms with E-state index in [0.29, 0.717) is 38.6 Å². The second kappa shape index (κ2) is 7.17. The Morgan fingerprint density at radius 3 is 2.68 bits per heavy atom. The summed E-state index contributed by atoms with van der Waals surface area (Å²) in [4.78, 5) is 24.5. The maximum absolute atomic E-state index is 13.4. The molecule has 2 unspecified atom stereocenters. The molecule has 1 aliphatic heterocycles. The second-order valence-electron chi connectivity index (χ2n) is 8.18. The number of benzene rings is 1. The Morgan fingerprint density at radius 1 is 1.29 bits per heavy atom. The Kier molecular flexibility index (Phi) is 4.97. The van der Waals surface area contributed by atoms with Crippen LogP contribution in [0, 0.1) is 5.82 Å². The minimum Gasteiger partial charge on any atom is -0.484 e. The number of amides is 2. The van der Waals surface area contributed by atoms with E-state index < -0.39 is 11.9 Å². The summed E-state index contributed by atoms with van der Waals surface area (Å²) in [6, 6.07) is 3.65. The molecule has 5 rings (SSSR count). The number of hydrogen-bond donors (Lipinski definition) is 4. The zero-order chi connectivity index (χ0) is 19.9. The van der Waals surface area contributed by atoms with Gasteiger partial charge in [0.2, 0.25) is 5.91 Å². The fourth-order valence-electron chi connectivity index (χ4n) is 4.55.